The molecule has 10 heteroatoms. The van der Waals surface area contributed by atoms with Gasteiger partial charge in [0.25, 0.3) is 5.91 Å². The Balaban J connectivity index is 1.53. The fourth-order valence-corrected chi connectivity index (χ4v) is 4.61. The van der Waals surface area contributed by atoms with Crippen molar-refractivity contribution in [1.29, 1.82) is 10.8 Å². The highest BCUT2D eigenvalue weighted by Gasteiger charge is 2.22. The fraction of sp³-hybridized carbons (Fsp3) is 0.276. The largest absolute Gasteiger partial charge is 0.457 e. The maximum atomic E-state index is 13.9. The van der Waals surface area contributed by atoms with E-state index in [4.69, 9.17) is 15.6 Å². The quantitative estimate of drug-likeness (QED) is 0.233. The number of halogens is 1. The Morgan fingerprint density at radius 1 is 1.15 bits per heavy atom. The van der Waals surface area contributed by atoms with Crippen molar-refractivity contribution in [3.8, 4) is 11.5 Å². The number of carbonyl (C=O) groups excluding carboxylic acids is 2. The molecule has 1 aliphatic rings. The smallest absolute Gasteiger partial charge is 0.251 e. The third-order valence-corrected chi connectivity index (χ3v) is 7.32. The number of carbonyl (C=O) groups is 2. The first-order chi connectivity index (χ1) is 18.7. The lowest BCUT2D eigenvalue weighted by Crippen LogP contribution is -2.25. The summed E-state index contributed by atoms with van der Waals surface area (Å²) in [6.07, 6.45) is 2.78. The molecule has 1 saturated heterocycles. The summed E-state index contributed by atoms with van der Waals surface area (Å²) in [7, 11) is 0. The Hall–Kier alpha value is -4.05. The third-order valence-electron chi connectivity index (χ3n) is 6.19. The number of rotatable bonds is 9. The normalized spacial score (nSPS) is 13.0. The van der Waals surface area contributed by atoms with E-state index in [1.165, 1.54) is 18.3 Å². The number of nitrogens with one attached hydrogen (secondary N) is 3. The van der Waals surface area contributed by atoms with E-state index in [9.17, 15) is 14.0 Å². The van der Waals surface area contributed by atoms with Gasteiger partial charge in [-0.05, 0) is 55.0 Å². The molecule has 1 aromatic heterocycles. The SMILES string of the molecule is CC(C)C(=N)SC(=N)c1ccc(Oc2cc(C(=O)NCc3ncccc3F)ccc2CN2CCCC2=O)cc1. The first-order valence-corrected chi connectivity index (χ1v) is 13.4. The summed E-state index contributed by atoms with van der Waals surface area (Å²) in [6, 6.07) is 14.7. The minimum atomic E-state index is -0.497. The average Bonchev–Trinajstić information content (AvgIpc) is 3.33. The standard InChI is InChI=1S/C29H30FN5O3S/c1-18(2)27(31)39-28(32)19-9-11-22(12-10-19)38-25-15-20(7-8-21(25)17-35-14-4-6-26(35)36)29(37)34-16-24-23(30)5-3-13-33-24/h3,5,7-13,15,18,31-32H,4,6,14,16-17H2,1-2H3,(H,34,37). The van der Waals surface area contributed by atoms with E-state index in [0.29, 0.717) is 47.2 Å². The molecular formula is C29H30FN5O3S. The molecule has 0 saturated carbocycles. The molecule has 2 heterocycles. The number of hydrogen-bond acceptors (Lipinski definition) is 7. The van der Waals surface area contributed by atoms with Crippen LogP contribution >= 0.6 is 11.8 Å². The van der Waals surface area contributed by atoms with Gasteiger partial charge in [0, 0.05) is 48.3 Å². The van der Waals surface area contributed by atoms with Crippen molar-refractivity contribution in [2.75, 3.05) is 6.54 Å². The van der Waals surface area contributed by atoms with Crippen LogP contribution in [-0.4, -0.2) is 38.3 Å². The molecule has 4 rings (SSSR count). The van der Waals surface area contributed by atoms with Crippen molar-refractivity contribution in [2.45, 2.75) is 39.8 Å². The van der Waals surface area contributed by atoms with Crippen LogP contribution in [0.25, 0.3) is 0 Å². The fourth-order valence-electron chi connectivity index (χ4n) is 3.90. The Kier molecular flexibility index (Phi) is 9.08. The molecular weight excluding hydrogens is 517 g/mol. The molecule has 39 heavy (non-hydrogen) atoms. The Labute approximate surface area is 231 Å². The summed E-state index contributed by atoms with van der Waals surface area (Å²) in [5.41, 5.74) is 1.87. The second kappa shape index (κ2) is 12.7. The second-order valence-electron chi connectivity index (χ2n) is 9.43. The van der Waals surface area contributed by atoms with Crippen molar-refractivity contribution in [1.82, 2.24) is 15.2 Å². The molecule has 0 radical (unpaired) electrons. The van der Waals surface area contributed by atoms with E-state index in [1.807, 2.05) is 13.8 Å². The molecule has 2 amide bonds. The molecule has 3 aromatic rings. The van der Waals surface area contributed by atoms with Gasteiger partial charge in [0.15, 0.2) is 0 Å². The predicted octanol–water partition coefficient (Wildman–Crippen LogP) is 5.76. The van der Waals surface area contributed by atoms with Crippen LogP contribution in [0.15, 0.2) is 60.8 Å². The van der Waals surface area contributed by atoms with Crippen LogP contribution < -0.4 is 10.1 Å². The van der Waals surface area contributed by atoms with Gasteiger partial charge in [-0.2, -0.15) is 0 Å². The molecule has 0 spiro atoms. The summed E-state index contributed by atoms with van der Waals surface area (Å²) in [5, 5.41) is 19.7. The molecule has 8 nitrogen and oxygen atoms in total. The number of aromatic nitrogens is 1. The Morgan fingerprint density at radius 3 is 2.56 bits per heavy atom. The van der Waals surface area contributed by atoms with E-state index < -0.39 is 11.7 Å². The van der Waals surface area contributed by atoms with Crippen LogP contribution in [0.3, 0.4) is 0 Å². The van der Waals surface area contributed by atoms with Crippen molar-refractivity contribution in [3.05, 3.63) is 89.0 Å². The van der Waals surface area contributed by atoms with Gasteiger partial charge in [0.2, 0.25) is 5.91 Å². The van der Waals surface area contributed by atoms with Gasteiger partial charge in [0.1, 0.15) is 22.4 Å². The molecule has 1 fully saturated rings. The lowest BCUT2D eigenvalue weighted by molar-refractivity contribution is -0.128. The van der Waals surface area contributed by atoms with Crippen LogP contribution in [0, 0.1) is 22.6 Å². The zero-order chi connectivity index (χ0) is 27.9. The number of ether oxygens (including phenoxy) is 1. The molecule has 0 atom stereocenters. The summed E-state index contributed by atoms with van der Waals surface area (Å²) >= 11 is 1.12. The zero-order valence-electron chi connectivity index (χ0n) is 21.8. The number of hydrogen-bond donors (Lipinski definition) is 3. The topological polar surface area (TPSA) is 119 Å². The van der Waals surface area contributed by atoms with Crippen LogP contribution in [0.1, 0.15) is 53.9 Å². The van der Waals surface area contributed by atoms with Gasteiger partial charge in [-0.1, -0.05) is 31.7 Å². The maximum Gasteiger partial charge on any atom is 0.251 e. The minimum absolute atomic E-state index is 0.0475. The lowest BCUT2D eigenvalue weighted by atomic mass is 10.1. The van der Waals surface area contributed by atoms with E-state index in [2.05, 4.69) is 10.3 Å². The second-order valence-corrected chi connectivity index (χ2v) is 10.5. The number of pyridine rings is 1. The van der Waals surface area contributed by atoms with E-state index in [1.54, 1.807) is 47.4 Å². The van der Waals surface area contributed by atoms with E-state index >= 15 is 0 Å². The van der Waals surface area contributed by atoms with Crippen LogP contribution in [0.5, 0.6) is 11.5 Å². The Bertz CT molecular complexity index is 1390. The highest BCUT2D eigenvalue weighted by atomic mass is 32.2. The average molecular weight is 548 g/mol. The van der Waals surface area contributed by atoms with Crippen LogP contribution in [0.4, 0.5) is 4.39 Å². The first kappa shape index (κ1) is 28.0. The summed E-state index contributed by atoms with van der Waals surface area (Å²) in [4.78, 5) is 30.8. The van der Waals surface area contributed by atoms with Gasteiger partial charge >= 0.3 is 0 Å². The maximum absolute atomic E-state index is 13.9. The van der Waals surface area contributed by atoms with Gasteiger partial charge in [-0.25, -0.2) is 4.39 Å². The number of benzene rings is 2. The summed E-state index contributed by atoms with van der Waals surface area (Å²) in [5.74, 6) is 0.132. The number of likely N-dealkylation sites (tertiary alicyclic amines) is 1. The molecule has 0 aliphatic carbocycles. The highest BCUT2D eigenvalue weighted by Crippen LogP contribution is 2.30. The van der Waals surface area contributed by atoms with Gasteiger partial charge in [-0.15, -0.1) is 0 Å². The highest BCUT2D eigenvalue weighted by molar-refractivity contribution is 8.26. The first-order valence-electron chi connectivity index (χ1n) is 12.6. The molecule has 0 bridgehead atoms. The summed E-state index contributed by atoms with van der Waals surface area (Å²) < 4.78 is 20.1. The molecule has 1 aliphatic heterocycles. The van der Waals surface area contributed by atoms with Gasteiger partial charge < -0.3 is 15.0 Å². The molecule has 202 valence electrons. The van der Waals surface area contributed by atoms with Gasteiger partial charge in [-0.3, -0.25) is 25.4 Å². The van der Waals surface area contributed by atoms with E-state index in [-0.39, 0.29) is 29.1 Å². The van der Waals surface area contributed by atoms with E-state index in [0.717, 1.165) is 23.7 Å². The molecule has 0 unspecified atom stereocenters. The lowest BCUT2D eigenvalue weighted by Gasteiger charge is -2.19. The number of amides is 2. The van der Waals surface area contributed by atoms with Crippen molar-refractivity contribution >= 4 is 33.7 Å². The van der Waals surface area contributed by atoms with Crippen molar-refractivity contribution < 1.29 is 18.7 Å². The van der Waals surface area contributed by atoms with Crippen LogP contribution in [-0.2, 0) is 17.9 Å². The Morgan fingerprint density at radius 2 is 1.90 bits per heavy atom. The number of nitrogens with zero attached hydrogens (tertiary/aromatic N) is 2. The van der Waals surface area contributed by atoms with Gasteiger partial charge in [0.05, 0.1) is 17.3 Å². The van der Waals surface area contributed by atoms with Crippen molar-refractivity contribution in [2.24, 2.45) is 5.92 Å². The molecule has 3 N–H and O–H groups in total. The van der Waals surface area contributed by atoms with Crippen molar-refractivity contribution in [3.63, 3.8) is 0 Å². The molecule has 2 aromatic carbocycles. The summed E-state index contributed by atoms with van der Waals surface area (Å²) in [6.45, 7) is 4.78. The zero-order valence-corrected chi connectivity index (χ0v) is 22.6. The third kappa shape index (κ3) is 7.29. The van der Waals surface area contributed by atoms with Crippen LogP contribution in [0.2, 0.25) is 0 Å². The monoisotopic (exact) mass is 547 g/mol. The predicted molar refractivity (Wildman–Crippen MR) is 150 cm³/mol. The number of thioether (sulfide) groups is 1. The minimum Gasteiger partial charge on any atom is -0.457 e.